The third kappa shape index (κ3) is 2.55. The van der Waals surface area contributed by atoms with E-state index in [1.54, 1.807) is 4.52 Å². The van der Waals surface area contributed by atoms with Gasteiger partial charge in [0.15, 0.2) is 12.3 Å². The minimum atomic E-state index is -0.175. The number of rotatable bonds is 2. The molecule has 134 valence electrons. The second kappa shape index (κ2) is 5.85. The largest absolute Gasteiger partial charge is 0.482 e. The molecule has 27 heavy (non-hydrogen) atoms. The number of para-hydroxylation sites is 1. The van der Waals surface area contributed by atoms with Crippen LogP contribution in [0.1, 0.15) is 5.69 Å². The lowest BCUT2D eigenvalue weighted by Gasteiger charge is -2.19. The topological polar surface area (TPSA) is 80.5 Å². The Bertz CT molecular complexity index is 1230. The Morgan fingerprint density at radius 1 is 1.26 bits per heavy atom. The lowest BCUT2D eigenvalue weighted by atomic mass is 10.2. The summed E-state index contributed by atoms with van der Waals surface area (Å²) in [4.78, 5) is 16.2. The van der Waals surface area contributed by atoms with Gasteiger partial charge in [-0.2, -0.15) is 5.10 Å². The van der Waals surface area contributed by atoms with E-state index in [0.717, 1.165) is 22.3 Å². The standard InChI is InChI=1S/C19H14ClN5O2/c1-10-17(20)19-23-18(12-4-2-3-5-14(12)25(19)24-10)21-11-6-7-15-13(8-11)22-16(26)9-27-15/h2-8H,9H2,1H3,(H,21,23)(H,22,26). The number of carbonyl (C=O) groups is 1. The van der Waals surface area contributed by atoms with Gasteiger partial charge in [0.05, 0.1) is 16.9 Å². The first-order valence-corrected chi connectivity index (χ1v) is 8.75. The molecular formula is C19H14ClN5O2. The van der Waals surface area contributed by atoms with Crippen LogP contribution in [0.2, 0.25) is 5.02 Å². The number of nitrogens with one attached hydrogen (secondary N) is 2. The lowest BCUT2D eigenvalue weighted by molar-refractivity contribution is -0.118. The van der Waals surface area contributed by atoms with Crippen LogP contribution in [0, 0.1) is 6.92 Å². The molecule has 0 saturated carbocycles. The summed E-state index contributed by atoms with van der Waals surface area (Å²) in [5, 5.41) is 12.0. The van der Waals surface area contributed by atoms with Crippen molar-refractivity contribution in [3.8, 4) is 5.75 Å². The van der Waals surface area contributed by atoms with Crippen molar-refractivity contribution in [1.82, 2.24) is 14.6 Å². The van der Waals surface area contributed by atoms with Crippen molar-refractivity contribution in [2.75, 3.05) is 17.2 Å². The Morgan fingerprint density at radius 3 is 3.00 bits per heavy atom. The minimum absolute atomic E-state index is 0.0295. The molecular weight excluding hydrogens is 366 g/mol. The van der Waals surface area contributed by atoms with Crippen LogP contribution >= 0.6 is 11.6 Å². The number of nitrogens with zero attached hydrogens (tertiary/aromatic N) is 3. The molecule has 0 bridgehead atoms. The summed E-state index contributed by atoms with van der Waals surface area (Å²) < 4.78 is 7.15. The van der Waals surface area contributed by atoms with Gasteiger partial charge >= 0.3 is 0 Å². The number of aryl methyl sites for hydroxylation is 1. The van der Waals surface area contributed by atoms with E-state index in [1.165, 1.54) is 0 Å². The smallest absolute Gasteiger partial charge is 0.262 e. The first-order chi connectivity index (χ1) is 13.1. The summed E-state index contributed by atoms with van der Waals surface area (Å²) in [6.45, 7) is 1.88. The average Bonchev–Trinajstić information content (AvgIpc) is 2.96. The molecule has 8 heteroatoms. The molecule has 0 atom stereocenters. The lowest BCUT2D eigenvalue weighted by Crippen LogP contribution is -2.25. The maximum Gasteiger partial charge on any atom is 0.262 e. The fraction of sp³-hybridized carbons (Fsp3) is 0.105. The van der Waals surface area contributed by atoms with E-state index in [9.17, 15) is 4.79 Å². The highest BCUT2D eigenvalue weighted by molar-refractivity contribution is 6.34. The SMILES string of the molecule is Cc1nn2c(nc(Nc3ccc4c(c3)NC(=O)CO4)c3ccccc32)c1Cl. The summed E-state index contributed by atoms with van der Waals surface area (Å²) in [7, 11) is 0. The van der Waals surface area contributed by atoms with Gasteiger partial charge in [-0.1, -0.05) is 23.7 Å². The number of aromatic nitrogens is 3. The van der Waals surface area contributed by atoms with Gasteiger partial charge in [-0.15, -0.1) is 0 Å². The first-order valence-electron chi connectivity index (χ1n) is 8.37. The van der Waals surface area contributed by atoms with E-state index in [-0.39, 0.29) is 12.5 Å². The predicted molar refractivity (Wildman–Crippen MR) is 104 cm³/mol. The second-order valence-corrected chi connectivity index (χ2v) is 6.66. The van der Waals surface area contributed by atoms with Gasteiger partial charge in [0.1, 0.15) is 16.6 Å². The molecule has 3 heterocycles. The number of fused-ring (bicyclic) bond motifs is 4. The maximum atomic E-state index is 11.6. The molecule has 0 radical (unpaired) electrons. The first kappa shape index (κ1) is 15.9. The Hall–Kier alpha value is -3.32. The molecule has 0 saturated heterocycles. The van der Waals surface area contributed by atoms with Gasteiger partial charge in [0.2, 0.25) is 0 Å². The number of ether oxygens (including phenoxy) is 1. The zero-order valence-corrected chi connectivity index (χ0v) is 15.0. The van der Waals surface area contributed by atoms with Gasteiger partial charge in [-0.3, -0.25) is 4.79 Å². The normalized spacial score (nSPS) is 13.3. The van der Waals surface area contributed by atoms with Gasteiger partial charge in [-0.25, -0.2) is 9.50 Å². The molecule has 2 aromatic heterocycles. The van der Waals surface area contributed by atoms with Crippen LogP contribution in [0.25, 0.3) is 16.6 Å². The van der Waals surface area contributed by atoms with Crippen LogP contribution in [0.4, 0.5) is 17.2 Å². The van der Waals surface area contributed by atoms with Crippen molar-refractivity contribution in [2.24, 2.45) is 0 Å². The van der Waals surface area contributed by atoms with E-state index in [0.29, 0.717) is 27.9 Å². The Morgan fingerprint density at radius 2 is 2.11 bits per heavy atom. The fourth-order valence-corrected chi connectivity index (χ4v) is 3.34. The number of halogens is 1. The third-order valence-electron chi connectivity index (χ3n) is 4.44. The number of carbonyl (C=O) groups excluding carboxylic acids is 1. The highest BCUT2D eigenvalue weighted by Gasteiger charge is 2.18. The van der Waals surface area contributed by atoms with E-state index < -0.39 is 0 Å². The van der Waals surface area contributed by atoms with Crippen LogP contribution in [0.5, 0.6) is 5.75 Å². The summed E-state index contributed by atoms with van der Waals surface area (Å²) in [6.07, 6.45) is 0. The van der Waals surface area contributed by atoms with Crippen LogP contribution in [-0.4, -0.2) is 27.1 Å². The van der Waals surface area contributed by atoms with Crippen molar-refractivity contribution < 1.29 is 9.53 Å². The zero-order valence-electron chi connectivity index (χ0n) is 14.3. The van der Waals surface area contributed by atoms with Crippen molar-refractivity contribution in [3.63, 3.8) is 0 Å². The molecule has 7 nitrogen and oxygen atoms in total. The van der Waals surface area contributed by atoms with Gasteiger partial charge in [0.25, 0.3) is 5.91 Å². The van der Waals surface area contributed by atoms with Crippen molar-refractivity contribution >= 4 is 51.3 Å². The molecule has 4 aromatic rings. The molecule has 0 spiro atoms. The molecule has 0 fully saturated rings. The maximum absolute atomic E-state index is 11.6. The Balaban J connectivity index is 1.65. The van der Waals surface area contributed by atoms with Crippen molar-refractivity contribution in [2.45, 2.75) is 6.92 Å². The molecule has 1 amide bonds. The third-order valence-corrected chi connectivity index (χ3v) is 4.89. The Labute approximate surface area is 158 Å². The second-order valence-electron chi connectivity index (χ2n) is 6.29. The number of hydrogen-bond acceptors (Lipinski definition) is 5. The summed E-state index contributed by atoms with van der Waals surface area (Å²) >= 11 is 6.39. The van der Waals surface area contributed by atoms with E-state index in [1.807, 2.05) is 49.4 Å². The Kier molecular flexibility index (Phi) is 3.45. The number of hydrogen-bond donors (Lipinski definition) is 2. The van der Waals surface area contributed by atoms with Crippen LogP contribution in [0.15, 0.2) is 42.5 Å². The summed E-state index contributed by atoms with van der Waals surface area (Å²) in [6, 6.07) is 13.3. The van der Waals surface area contributed by atoms with Gasteiger partial charge in [-0.05, 0) is 37.3 Å². The summed E-state index contributed by atoms with van der Waals surface area (Å²) in [5.74, 6) is 1.12. The zero-order chi connectivity index (χ0) is 18.5. The van der Waals surface area contributed by atoms with Crippen LogP contribution < -0.4 is 15.4 Å². The van der Waals surface area contributed by atoms with Crippen molar-refractivity contribution in [1.29, 1.82) is 0 Å². The van der Waals surface area contributed by atoms with Crippen molar-refractivity contribution in [3.05, 3.63) is 53.2 Å². The average molecular weight is 380 g/mol. The number of anilines is 3. The monoisotopic (exact) mass is 379 g/mol. The number of benzene rings is 2. The molecule has 1 aliphatic heterocycles. The minimum Gasteiger partial charge on any atom is -0.482 e. The summed E-state index contributed by atoms with van der Waals surface area (Å²) in [5.41, 5.74) is 3.61. The van der Waals surface area contributed by atoms with E-state index in [4.69, 9.17) is 16.3 Å². The highest BCUT2D eigenvalue weighted by Crippen LogP contribution is 2.34. The van der Waals surface area contributed by atoms with Gasteiger partial charge < -0.3 is 15.4 Å². The quantitative estimate of drug-likeness (QED) is 0.551. The molecule has 0 aliphatic carbocycles. The molecule has 2 N–H and O–H groups in total. The molecule has 5 rings (SSSR count). The van der Waals surface area contributed by atoms with E-state index in [2.05, 4.69) is 20.7 Å². The van der Waals surface area contributed by atoms with Crippen LogP contribution in [0.3, 0.4) is 0 Å². The molecule has 2 aromatic carbocycles. The number of amides is 1. The highest BCUT2D eigenvalue weighted by atomic mass is 35.5. The van der Waals surface area contributed by atoms with Gasteiger partial charge in [0, 0.05) is 11.1 Å². The fourth-order valence-electron chi connectivity index (χ4n) is 3.18. The van der Waals surface area contributed by atoms with E-state index >= 15 is 0 Å². The van der Waals surface area contributed by atoms with Crippen LogP contribution in [-0.2, 0) is 4.79 Å². The molecule has 0 unspecified atom stereocenters. The molecule has 1 aliphatic rings. The predicted octanol–water partition coefficient (Wildman–Crippen LogP) is 3.92.